The number of nitrogens with one attached hydrogen (secondary N) is 3. The van der Waals surface area contributed by atoms with Crippen molar-refractivity contribution in [3.05, 3.63) is 35.4 Å². The Balaban J connectivity index is 1.81. The molecule has 6 heteroatoms. The van der Waals surface area contributed by atoms with Gasteiger partial charge in [-0.15, -0.1) is 0 Å². The average Bonchev–Trinajstić information content (AvgIpc) is 2.53. The number of amides is 2. The van der Waals surface area contributed by atoms with Gasteiger partial charge >= 0.3 is 0 Å². The van der Waals surface area contributed by atoms with E-state index in [1.54, 1.807) is 19.2 Å². The minimum absolute atomic E-state index is 0.0420. The predicted molar refractivity (Wildman–Crippen MR) is 85.4 cm³/mol. The second-order valence-electron chi connectivity index (χ2n) is 4.99. The molecule has 21 heavy (non-hydrogen) atoms. The number of carbonyl (C=O) groups excluding carboxylic acids is 2. The fourth-order valence-corrected chi connectivity index (χ4v) is 3.16. The van der Waals surface area contributed by atoms with Crippen LogP contribution in [0.25, 0.3) is 0 Å². The first-order valence-corrected chi connectivity index (χ1v) is 8.23. The standard InChI is InChI=1S/C15H21N3O2S/c1-16-15(20)12-4-2-3-11(7-12)9-18-14(19)8-13-10-21-6-5-17-13/h2-4,7,13,17H,5-6,8-10H2,1H3,(H,16,20)(H,18,19). The first kappa shape index (κ1) is 15.9. The molecule has 0 spiro atoms. The molecule has 1 heterocycles. The Morgan fingerprint density at radius 2 is 2.29 bits per heavy atom. The van der Waals surface area contributed by atoms with E-state index in [1.807, 2.05) is 23.9 Å². The van der Waals surface area contributed by atoms with Crippen molar-refractivity contribution in [3.63, 3.8) is 0 Å². The van der Waals surface area contributed by atoms with E-state index in [-0.39, 0.29) is 17.9 Å². The van der Waals surface area contributed by atoms with Gasteiger partial charge in [0.1, 0.15) is 0 Å². The first-order valence-electron chi connectivity index (χ1n) is 7.08. The highest BCUT2D eigenvalue weighted by Crippen LogP contribution is 2.10. The van der Waals surface area contributed by atoms with Crippen LogP contribution in [0.15, 0.2) is 24.3 Å². The fourth-order valence-electron chi connectivity index (χ4n) is 2.21. The molecule has 0 saturated carbocycles. The van der Waals surface area contributed by atoms with Crippen molar-refractivity contribution in [2.45, 2.75) is 19.0 Å². The van der Waals surface area contributed by atoms with Gasteiger partial charge in [0, 0.05) is 49.7 Å². The van der Waals surface area contributed by atoms with Crippen molar-refractivity contribution in [1.29, 1.82) is 0 Å². The quantitative estimate of drug-likeness (QED) is 0.751. The summed E-state index contributed by atoms with van der Waals surface area (Å²) in [5.74, 6) is 2.02. The van der Waals surface area contributed by atoms with E-state index in [9.17, 15) is 9.59 Å². The van der Waals surface area contributed by atoms with Crippen LogP contribution in [-0.4, -0.2) is 43.0 Å². The van der Waals surface area contributed by atoms with Gasteiger partial charge in [-0.05, 0) is 17.7 Å². The molecule has 2 amide bonds. The minimum atomic E-state index is -0.119. The van der Waals surface area contributed by atoms with Gasteiger partial charge in [0.15, 0.2) is 0 Å². The molecular formula is C15H21N3O2S. The fraction of sp³-hybridized carbons (Fsp3) is 0.467. The van der Waals surface area contributed by atoms with Crippen molar-refractivity contribution in [1.82, 2.24) is 16.0 Å². The van der Waals surface area contributed by atoms with Crippen LogP contribution in [0.2, 0.25) is 0 Å². The van der Waals surface area contributed by atoms with Gasteiger partial charge in [-0.1, -0.05) is 12.1 Å². The summed E-state index contributed by atoms with van der Waals surface area (Å²) in [6.45, 7) is 1.42. The zero-order chi connectivity index (χ0) is 15.1. The molecular weight excluding hydrogens is 286 g/mol. The SMILES string of the molecule is CNC(=O)c1cccc(CNC(=O)CC2CSCCN2)c1. The van der Waals surface area contributed by atoms with Crippen molar-refractivity contribution in [3.8, 4) is 0 Å². The molecule has 1 aliphatic rings. The lowest BCUT2D eigenvalue weighted by Gasteiger charge is -2.22. The largest absolute Gasteiger partial charge is 0.355 e. The number of carbonyl (C=O) groups is 2. The Bertz CT molecular complexity index is 501. The molecule has 1 aromatic rings. The van der Waals surface area contributed by atoms with Crippen molar-refractivity contribution in [2.75, 3.05) is 25.1 Å². The third kappa shape index (κ3) is 5.06. The summed E-state index contributed by atoms with van der Waals surface area (Å²) in [4.78, 5) is 23.5. The molecule has 1 atom stereocenters. The van der Waals surface area contributed by atoms with Crippen LogP contribution in [0.1, 0.15) is 22.3 Å². The van der Waals surface area contributed by atoms with Crippen LogP contribution in [0, 0.1) is 0 Å². The third-order valence-corrected chi connectivity index (χ3v) is 4.47. The molecule has 1 aliphatic heterocycles. The molecule has 1 unspecified atom stereocenters. The van der Waals surface area contributed by atoms with Gasteiger partial charge < -0.3 is 16.0 Å². The first-order chi connectivity index (χ1) is 10.2. The second kappa shape index (κ2) is 8.05. The van der Waals surface area contributed by atoms with Crippen LogP contribution < -0.4 is 16.0 Å². The molecule has 0 radical (unpaired) electrons. The van der Waals surface area contributed by atoms with E-state index >= 15 is 0 Å². The van der Waals surface area contributed by atoms with Gasteiger partial charge in [0.2, 0.25) is 5.91 Å². The van der Waals surface area contributed by atoms with Crippen molar-refractivity contribution in [2.24, 2.45) is 0 Å². The molecule has 0 aliphatic carbocycles. The van der Waals surface area contributed by atoms with Gasteiger partial charge in [0.25, 0.3) is 5.91 Å². The zero-order valence-corrected chi connectivity index (χ0v) is 13.0. The van der Waals surface area contributed by atoms with Crippen LogP contribution in [0.5, 0.6) is 0 Å². The van der Waals surface area contributed by atoms with Gasteiger partial charge in [-0.3, -0.25) is 9.59 Å². The van der Waals surface area contributed by atoms with Gasteiger partial charge in [0.05, 0.1) is 0 Å². The van der Waals surface area contributed by atoms with E-state index in [4.69, 9.17) is 0 Å². The van der Waals surface area contributed by atoms with Crippen LogP contribution in [-0.2, 0) is 11.3 Å². The van der Waals surface area contributed by atoms with Crippen LogP contribution in [0.3, 0.4) is 0 Å². The molecule has 3 N–H and O–H groups in total. The number of rotatable bonds is 5. The molecule has 1 aromatic carbocycles. The normalized spacial score (nSPS) is 18.0. The summed E-state index contributed by atoms with van der Waals surface area (Å²) in [6, 6.07) is 7.55. The Morgan fingerprint density at radius 1 is 1.43 bits per heavy atom. The average molecular weight is 307 g/mol. The molecule has 114 valence electrons. The van der Waals surface area contributed by atoms with E-state index in [2.05, 4.69) is 16.0 Å². The summed E-state index contributed by atoms with van der Waals surface area (Å²) in [7, 11) is 1.60. The molecule has 2 rings (SSSR count). The predicted octanol–water partition coefficient (Wildman–Crippen LogP) is 0.757. The van der Waals surface area contributed by atoms with E-state index < -0.39 is 0 Å². The summed E-state index contributed by atoms with van der Waals surface area (Å²) >= 11 is 1.88. The molecule has 0 bridgehead atoms. The lowest BCUT2D eigenvalue weighted by atomic mass is 10.1. The second-order valence-corrected chi connectivity index (χ2v) is 6.14. The molecule has 0 aromatic heterocycles. The van der Waals surface area contributed by atoms with Gasteiger partial charge in [-0.2, -0.15) is 11.8 Å². The molecule has 5 nitrogen and oxygen atoms in total. The van der Waals surface area contributed by atoms with E-state index in [1.165, 1.54) is 0 Å². The summed E-state index contributed by atoms with van der Waals surface area (Å²) in [5, 5.41) is 8.85. The maximum Gasteiger partial charge on any atom is 0.251 e. The summed E-state index contributed by atoms with van der Waals surface area (Å²) in [5.41, 5.74) is 1.53. The Morgan fingerprint density at radius 3 is 3.00 bits per heavy atom. The number of hydrogen-bond donors (Lipinski definition) is 3. The highest BCUT2D eigenvalue weighted by Gasteiger charge is 2.16. The Labute approximate surface area is 129 Å². The molecule has 1 saturated heterocycles. The smallest absolute Gasteiger partial charge is 0.251 e. The Kier molecular flexibility index (Phi) is 6.07. The van der Waals surface area contributed by atoms with Crippen molar-refractivity contribution >= 4 is 23.6 Å². The number of benzene rings is 1. The maximum absolute atomic E-state index is 11.9. The Hall–Kier alpha value is -1.53. The number of thioether (sulfide) groups is 1. The summed E-state index contributed by atoms with van der Waals surface area (Å²) < 4.78 is 0. The topological polar surface area (TPSA) is 70.2 Å². The third-order valence-electron chi connectivity index (χ3n) is 3.34. The highest BCUT2D eigenvalue weighted by molar-refractivity contribution is 7.99. The van der Waals surface area contributed by atoms with Crippen molar-refractivity contribution < 1.29 is 9.59 Å². The van der Waals surface area contributed by atoms with Gasteiger partial charge in [-0.25, -0.2) is 0 Å². The molecule has 1 fully saturated rings. The van der Waals surface area contributed by atoms with E-state index in [0.717, 1.165) is 23.6 Å². The van der Waals surface area contributed by atoms with E-state index in [0.29, 0.717) is 18.5 Å². The zero-order valence-electron chi connectivity index (χ0n) is 12.1. The maximum atomic E-state index is 11.9. The van der Waals surface area contributed by atoms with Crippen LogP contribution >= 0.6 is 11.8 Å². The lowest BCUT2D eigenvalue weighted by molar-refractivity contribution is -0.121. The summed E-state index contributed by atoms with van der Waals surface area (Å²) in [6.07, 6.45) is 0.502. The monoisotopic (exact) mass is 307 g/mol. The minimum Gasteiger partial charge on any atom is -0.355 e. The van der Waals surface area contributed by atoms with Crippen LogP contribution in [0.4, 0.5) is 0 Å². The highest BCUT2D eigenvalue weighted by atomic mass is 32.2. The lowest BCUT2D eigenvalue weighted by Crippen LogP contribution is -2.41. The number of hydrogen-bond acceptors (Lipinski definition) is 4.